The van der Waals surface area contributed by atoms with Crippen LogP contribution in [-0.4, -0.2) is 30.5 Å². The maximum atomic E-state index is 14.3. The summed E-state index contributed by atoms with van der Waals surface area (Å²) in [7, 11) is 0. The predicted molar refractivity (Wildman–Crippen MR) is 103 cm³/mol. The smallest absolute Gasteiger partial charge is 0.322 e. The molecule has 0 unspecified atom stereocenters. The number of benzene rings is 2. The molecule has 158 valence electrons. The summed E-state index contributed by atoms with van der Waals surface area (Å²) < 4.78 is 57.3. The Balaban J connectivity index is 1.66. The van der Waals surface area contributed by atoms with Gasteiger partial charge in [-0.2, -0.15) is 23.4 Å². The van der Waals surface area contributed by atoms with Crippen LogP contribution in [0.2, 0.25) is 5.02 Å². The van der Waals surface area contributed by atoms with Crippen LogP contribution in [0.15, 0.2) is 61.3 Å². The fourth-order valence-corrected chi connectivity index (χ4v) is 2.99. The average Bonchev–Trinajstić information content (AvgIpc) is 3.38. The van der Waals surface area contributed by atoms with Gasteiger partial charge in [-0.15, -0.1) is 0 Å². The molecule has 0 spiro atoms. The lowest BCUT2D eigenvalue weighted by Gasteiger charge is -2.13. The minimum Gasteiger partial charge on any atom is -0.322 e. The first-order chi connectivity index (χ1) is 14.7. The molecule has 1 N–H and O–H groups in total. The summed E-state index contributed by atoms with van der Waals surface area (Å²) in [6, 6.07) is 9.08. The molecule has 1 amide bonds. The number of aromatic nitrogens is 5. The highest BCUT2D eigenvalue weighted by Gasteiger charge is 2.40. The molecule has 2 aromatic carbocycles. The molecule has 0 fully saturated rings. The molecule has 0 bridgehead atoms. The molecule has 0 radical (unpaired) electrons. The fraction of sp³-hybridized carbons (Fsp3) is 0.0526. The third kappa shape index (κ3) is 4.12. The molecule has 12 heteroatoms. The number of hydrogen-bond acceptors (Lipinski definition) is 4. The van der Waals surface area contributed by atoms with Crippen molar-refractivity contribution in [2.45, 2.75) is 6.18 Å². The minimum absolute atomic E-state index is 0.0428. The van der Waals surface area contributed by atoms with Crippen molar-refractivity contribution < 1.29 is 22.4 Å². The number of nitrogens with zero attached hydrogens (tertiary/aromatic N) is 5. The predicted octanol–water partition coefficient (Wildman–Crippen LogP) is 4.52. The van der Waals surface area contributed by atoms with Crippen molar-refractivity contribution in [3.63, 3.8) is 0 Å². The molecule has 4 aromatic rings. The first kappa shape index (κ1) is 20.5. The van der Waals surface area contributed by atoms with Gasteiger partial charge in [-0.3, -0.25) is 4.79 Å². The molecule has 2 heterocycles. The lowest BCUT2D eigenvalue weighted by Crippen LogP contribution is -2.20. The minimum atomic E-state index is -4.88. The van der Waals surface area contributed by atoms with Crippen LogP contribution >= 0.6 is 11.6 Å². The second kappa shape index (κ2) is 7.84. The zero-order chi connectivity index (χ0) is 22.2. The number of alkyl halides is 3. The summed E-state index contributed by atoms with van der Waals surface area (Å²) in [6.45, 7) is 0. The molecule has 0 saturated carbocycles. The van der Waals surface area contributed by atoms with Gasteiger partial charge < -0.3 is 5.32 Å². The van der Waals surface area contributed by atoms with Gasteiger partial charge in [0.2, 0.25) is 0 Å². The normalized spacial score (nSPS) is 11.5. The summed E-state index contributed by atoms with van der Waals surface area (Å²) in [4.78, 5) is 16.3. The Morgan fingerprint density at radius 3 is 2.42 bits per heavy atom. The third-order valence-corrected chi connectivity index (χ3v) is 4.48. The molecule has 7 nitrogen and oxygen atoms in total. The maximum absolute atomic E-state index is 14.3. The molecule has 0 aliphatic rings. The molecular weight excluding hydrogens is 440 g/mol. The average molecular weight is 451 g/mol. The van der Waals surface area contributed by atoms with E-state index in [-0.39, 0.29) is 17.1 Å². The Labute approximate surface area is 176 Å². The summed E-state index contributed by atoms with van der Waals surface area (Å²) in [5.74, 6) is -1.85. The lowest BCUT2D eigenvalue weighted by molar-refractivity contribution is -0.143. The van der Waals surface area contributed by atoms with E-state index in [4.69, 9.17) is 11.6 Å². The van der Waals surface area contributed by atoms with Gasteiger partial charge in [-0.05, 0) is 42.5 Å². The van der Waals surface area contributed by atoms with Gasteiger partial charge in [0, 0.05) is 10.7 Å². The SMILES string of the molecule is O=C(Nc1ccc(-n2cncn2)c(F)c1)c1cnn(-c2ccc(Cl)cc2)c1C(F)(F)F. The summed E-state index contributed by atoms with van der Waals surface area (Å²) >= 11 is 5.78. The van der Waals surface area contributed by atoms with Crippen molar-refractivity contribution in [2.75, 3.05) is 5.32 Å². The van der Waals surface area contributed by atoms with E-state index in [9.17, 15) is 22.4 Å². The topological polar surface area (TPSA) is 77.6 Å². The quantitative estimate of drug-likeness (QED) is 0.464. The van der Waals surface area contributed by atoms with Crippen molar-refractivity contribution in [3.05, 3.63) is 83.4 Å². The number of hydrogen-bond donors (Lipinski definition) is 1. The Bertz CT molecular complexity index is 1240. The van der Waals surface area contributed by atoms with Crippen LogP contribution in [0.1, 0.15) is 16.1 Å². The number of carbonyl (C=O) groups excluding carboxylic acids is 1. The molecule has 0 aliphatic heterocycles. The van der Waals surface area contributed by atoms with Crippen LogP contribution in [0.25, 0.3) is 11.4 Å². The van der Waals surface area contributed by atoms with Crippen LogP contribution in [0.4, 0.5) is 23.2 Å². The molecule has 31 heavy (non-hydrogen) atoms. The van der Waals surface area contributed by atoms with E-state index in [1.807, 2.05) is 0 Å². The van der Waals surface area contributed by atoms with Gasteiger partial charge in [0.25, 0.3) is 5.91 Å². The molecule has 0 saturated heterocycles. The van der Waals surface area contributed by atoms with E-state index in [2.05, 4.69) is 20.5 Å². The van der Waals surface area contributed by atoms with Gasteiger partial charge >= 0.3 is 6.18 Å². The Hall–Kier alpha value is -3.73. The Morgan fingerprint density at radius 1 is 1.06 bits per heavy atom. The van der Waals surface area contributed by atoms with Crippen molar-refractivity contribution in [1.82, 2.24) is 24.5 Å². The lowest BCUT2D eigenvalue weighted by atomic mass is 10.2. The number of amides is 1. The third-order valence-electron chi connectivity index (χ3n) is 4.22. The van der Waals surface area contributed by atoms with Crippen LogP contribution < -0.4 is 5.32 Å². The Morgan fingerprint density at radius 2 is 1.81 bits per heavy atom. The number of carbonyl (C=O) groups is 1. The highest BCUT2D eigenvalue weighted by atomic mass is 35.5. The van der Waals surface area contributed by atoms with E-state index < -0.39 is 29.2 Å². The van der Waals surface area contributed by atoms with Crippen LogP contribution in [0.3, 0.4) is 0 Å². The van der Waals surface area contributed by atoms with E-state index in [1.165, 1.54) is 53.7 Å². The van der Waals surface area contributed by atoms with E-state index in [0.717, 1.165) is 12.3 Å². The molecule has 0 atom stereocenters. The van der Waals surface area contributed by atoms with Crippen LogP contribution in [0.5, 0.6) is 0 Å². The summed E-state index contributed by atoms with van der Waals surface area (Å²) in [6.07, 6.45) is -1.60. The van der Waals surface area contributed by atoms with Crippen molar-refractivity contribution in [3.8, 4) is 11.4 Å². The van der Waals surface area contributed by atoms with Gasteiger partial charge in [-0.1, -0.05) is 11.6 Å². The van der Waals surface area contributed by atoms with Gasteiger partial charge in [-0.25, -0.2) is 18.7 Å². The highest BCUT2D eigenvalue weighted by molar-refractivity contribution is 6.30. The second-order valence-electron chi connectivity index (χ2n) is 6.25. The van der Waals surface area contributed by atoms with Gasteiger partial charge in [0.1, 0.15) is 18.3 Å². The summed E-state index contributed by atoms with van der Waals surface area (Å²) in [5, 5.41) is 10.1. The molecule has 4 rings (SSSR count). The Kier molecular flexibility index (Phi) is 5.19. The van der Waals surface area contributed by atoms with E-state index in [0.29, 0.717) is 9.70 Å². The van der Waals surface area contributed by atoms with Crippen LogP contribution in [-0.2, 0) is 6.18 Å². The second-order valence-corrected chi connectivity index (χ2v) is 6.69. The van der Waals surface area contributed by atoms with Crippen molar-refractivity contribution in [2.24, 2.45) is 0 Å². The summed E-state index contributed by atoms with van der Waals surface area (Å²) in [5.41, 5.74) is -1.91. The molecule has 2 aromatic heterocycles. The standard InChI is InChI=1S/C19H11ClF4N6O/c20-11-1-4-13(5-2-11)30-17(19(22,23)24)14(8-26-30)18(31)28-12-3-6-16(15(21)7-12)29-10-25-9-27-29/h1-10H,(H,28,31). The number of anilines is 1. The zero-order valence-corrected chi connectivity index (χ0v) is 16.1. The first-order valence-corrected chi connectivity index (χ1v) is 8.99. The van der Waals surface area contributed by atoms with E-state index >= 15 is 0 Å². The van der Waals surface area contributed by atoms with E-state index in [1.54, 1.807) is 0 Å². The van der Waals surface area contributed by atoms with Crippen molar-refractivity contribution in [1.29, 1.82) is 0 Å². The molecular formula is C19H11ClF4N6O. The maximum Gasteiger partial charge on any atom is 0.434 e. The van der Waals surface area contributed by atoms with Gasteiger partial charge in [0.15, 0.2) is 11.5 Å². The number of rotatable bonds is 4. The van der Waals surface area contributed by atoms with Crippen LogP contribution in [0, 0.1) is 5.82 Å². The fourth-order valence-electron chi connectivity index (χ4n) is 2.87. The first-order valence-electron chi connectivity index (χ1n) is 8.61. The number of halogens is 5. The monoisotopic (exact) mass is 450 g/mol. The van der Waals surface area contributed by atoms with Crippen molar-refractivity contribution >= 4 is 23.2 Å². The zero-order valence-electron chi connectivity index (χ0n) is 15.3. The molecule has 0 aliphatic carbocycles. The van der Waals surface area contributed by atoms with Gasteiger partial charge in [0.05, 0.1) is 17.4 Å². The number of nitrogens with one attached hydrogen (secondary N) is 1. The highest BCUT2D eigenvalue weighted by Crippen LogP contribution is 2.34. The largest absolute Gasteiger partial charge is 0.434 e.